The zero-order valence-corrected chi connectivity index (χ0v) is 7.97. The molecule has 11 heavy (non-hydrogen) atoms. The Bertz CT molecular complexity index is 268. The summed E-state index contributed by atoms with van der Waals surface area (Å²) in [5.41, 5.74) is 0.918. The van der Waals surface area contributed by atoms with Gasteiger partial charge in [0.15, 0.2) is 0 Å². The van der Waals surface area contributed by atoms with E-state index >= 15 is 0 Å². The second-order valence-corrected chi connectivity index (χ2v) is 3.33. The molecule has 59 valence electrons. The third kappa shape index (κ3) is 2.02. The lowest BCUT2D eigenvalue weighted by atomic mass is 10.2. The molecular weight excluding hydrogens is 202 g/mol. The first-order valence-electron chi connectivity index (χ1n) is 3.08. The summed E-state index contributed by atoms with van der Waals surface area (Å²) in [7, 11) is 0. The first-order chi connectivity index (χ1) is 5.15. The van der Waals surface area contributed by atoms with E-state index in [-0.39, 0.29) is 0 Å². The second-order valence-electron chi connectivity index (χ2n) is 2.11. The molecule has 0 spiro atoms. The summed E-state index contributed by atoms with van der Waals surface area (Å²) < 4.78 is 0. The van der Waals surface area contributed by atoms with E-state index in [1.54, 1.807) is 12.1 Å². The highest BCUT2D eigenvalue weighted by Crippen LogP contribution is 2.28. The molecule has 0 aromatic heterocycles. The van der Waals surface area contributed by atoms with Crippen LogP contribution in [-0.4, -0.2) is 0 Å². The predicted molar refractivity (Wildman–Crippen MR) is 50.5 cm³/mol. The average molecular weight is 208 g/mol. The van der Waals surface area contributed by atoms with Crippen LogP contribution in [0.25, 0.3) is 0 Å². The summed E-state index contributed by atoms with van der Waals surface area (Å²) in [6.45, 7) is 3.70. The monoisotopic (exact) mass is 207 g/mol. The molecule has 0 aliphatic heterocycles. The molecular formula is C8H6Cl3. The number of halogens is 3. The molecule has 0 aliphatic carbocycles. The fraction of sp³-hybridized carbons (Fsp3) is 0.125. The summed E-state index contributed by atoms with van der Waals surface area (Å²) in [6.07, 6.45) is 0.621. The zero-order valence-electron chi connectivity index (χ0n) is 5.70. The molecule has 0 saturated heterocycles. The van der Waals surface area contributed by atoms with Crippen molar-refractivity contribution in [3.05, 3.63) is 39.7 Å². The maximum absolute atomic E-state index is 5.82. The molecule has 1 radical (unpaired) electrons. The van der Waals surface area contributed by atoms with Crippen LogP contribution in [0, 0.1) is 6.92 Å². The van der Waals surface area contributed by atoms with Crippen LogP contribution < -0.4 is 0 Å². The summed E-state index contributed by atoms with van der Waals surface area (Å²) in [5.74, 6) is 0. The van der Waals surface area contributed by atoms with Crippen molar-refractivity contribution in [1.82, 2.24) is 0 Å². The third-order valence-corrected chi connectivity index (χ3v) is 2.43. The van der Waals surface area contributed by atoms with Crippen LogP contribution in [0.15, 0.2) is 12.1 Å². The minimum absolute atomic E-state index is 0.480. The molecule has 0 N–H and O–H groups in total. The van der Waals surface area contributed by atoms with Crippen LogP contribution in [0.1, 0.15) is 5.56 Å². The Kier molecular flexibility index (Phi) is 3.06. The van der Waals surface area contributed by atoms with E-state index in [9.17, 15) is 0 Å². The predicted octanol–water partition coefficient (Wildman–Crippen LogP) is 4.02. The van der Waals surface area contributed by atoms with Crippen molar-refractivity contribution in [2.75, 3.05) is 0 Å². The number of hydrogen-bond acceptors (Lipinski definition) is 0. The van der Waals surface area contributed by atoms with Crippen LogP contribution >= 0.6 is 34.8 Å². The van der Waals surface area contributed by atoms with Gasteiger partial charge in [0, 0.05) is 5.02 Å². The minimum Gasteiger partial charge on any atom is -0.0840 e. The fourth-order valence-corrected chi connectivity index (χ4v) is 1.42. The quantitative estimate of drug-likeness (QED) is 0.612. The summed E-state index contributed by atoms with van der Waals surface area (Å²) >= 11 is 17.3. The Morgan fingerprint density at radius 1 is 1.00 bits per heavy atom. The maximum atomic E-state index is 5.82. The van der Waals surface area contributed by atoms with Crippen LogP contribution in [0.4, 0.5) is 0 Å². The molecule has 1 aromatic carbocycles. The molecule has 0 aliphatic rings. The van der Waals surface area contributed by atoms with Crippen molar-refractivity contribution >= 4 is 34.8 Å². The van der Waals surface area contributed by atoms with E-state index in [0.717, 1.165) is 5.56 Å². The lowest BCUT2D eigenvalue weighted by Gasteiger charge is -2.02. The lowest BCUT2D eigenvalue weighted by molar-refractivity contribution is 1.27. The van der Waals surface area contributed by atoms with E-state index in [1.165, 1.54) is 0 Å². The average Bonchev–Trinajstić information content (AvgIpc) is 1.97. The van der Waals surface area contributed by atoms with Gasteiger partial charge < -0.3 is 0 Å². The Morgan fingerprint density at radius 3 is 2.09 bits per heavy atom. The number of benzene rings is 1. The van der Waals surface area contributed by atoms with Crippen LogP contribution in [0.2, 0.25) is 15.1 Å². The molecule has 0 saturated carbocycles. The second kappa shape index (κ2) is 3.66. The third-order valence-electron chi connectivity index (χ3n) is 1.36. The van der Waals surface area contributed by atoms with Crippen molar-refractivity contribution in [3.63, 3.8) is 0 Å². The van der Waals surface area contributed by atoms with Gasteiger partial charge in [-0.2, -0.15) is 0 Å². The SMILES string of the molecule is [CH2]Cc1cc(Cl)c(Cl)cc1Cl. The minimum atomic E-state index is 0.480. The van der Waals surface area contributed by atoms with Crippen LogP contribution in [0.5, 0.6) is 0 Å². The molecule has 0 fully saturated rings. The van der Waals surface area contributed by atoms with E-state index in [2.05, 4.69) is 6.92 Å². The maximum Gasteiger partial charge on any atom is 0.0607 e. The van der Waals surface area contributed by atoms with Gasteiger partial charge in [-0.05, 0) is 31.0 Å². The summed E-state index contributed by atoms with van der Waals surface area (Å²) in [6, 6.07) is 3.37. The molecule has 1 rings (SSSR count). The van der Waals surface area contributed by atoms with Crippen LogP contribution in [-0.2, 0) is 6.42 Å². The van der Waals surface area contributed by atoms with Crippen molar-refractivity contribution in [2.45, 2.75) is 6.42 Å². The zero-order chi connectivity index (χ0) is 8.43. The highest BCUT2D eigenvalue weighted by molar-refractivity contribution is 6.43. The standard InChI is InChI=1S/C8H6Cl3/c1-2-5-3-7(10)8(11)4-6(5)9/h3-4H,1-2H2. The van der Waals surface area contributed by atoms with Gasteiger partial charge in [0.05, 0.1) is 10.0 Å². The van der Waals surface area contributed by atoms with Gasteiger partial charge in [-0.15, -0.1) is 0 Å². The Labute approximate surface area is 81.1 Å². The Hall–Kier alpha value is 0.0900. The summed E-state index contributed by atoms with van der Waals surface area (Å²) in [4.78, 5) is 0. The molecule has 0 heterocycles. The van der Waals surface area contributed by atoms with Gasteiger partial charge in [0.2, 0.25) is 0 Å². The van der Waals surface area contributed by atoms with Crippen molar-refractivity contribution in [2.24, 2.45) is 0 Å². The molecule has 0 unspecified atom stereocenters. The first-order valence-corrected chi connectivity index (χ1v) is 4.21. The van der Waals surface area contributed by atoms with Gasteiger partial charge in [-0.1, -0.05) is 34.8 Å². The fourth-order valence-electron chi connectivity index (χ4n) is 0.755. The van der Waals surface area contributed by atoms with Crippen LogP contribution in [0.3, 0.4) is 0 Å². The van der Waals surface area contributed by atoms with E-state index in [0.29, 0.717) is 21.5 Å². The molecule has 0 nitrogen and oxygen atoms in total. The van der Waals surface area contributed by atoms with Crippen molar-refractivity contribution in [3.8, 4) is 0 Å². The Balaban J connectivity index is 3.21. The smallest absolute Gasteiger partial charge is 0.0607 e. The molecule has 1 aromatic rings. The highest BCUT2D eigenvalue weighted by Gasteiger charge is 2.03. The normalized spacial score (nSPS) is 10.2. The molecule has 0 amide bonds. The van der Waals surface area contributed by atoms with Gasteiger partial charge >= 0.3 is 0 Å². The molecule has 0 bridgehead atoms. The molecule has 3 heteroatoms. The van der Waals surface area contributed by atoms with Gasteiger partial charge in [-0.3, -0.25) is 0 Å². The number of hydrogen-bond donors (Lipinski definition) is 0. The topological polar surface area (TPSA) is 0 Å². The largest absolute Gasteiger partial charge is 0.0840 e. The molecule has 0 atom stereocenters. The highest BCUT2D eigenvalue weighted by atomic mass is 35.5. The van der Waals surface area contributed by atoms with Gasteiger partial charge in [-0.25, -0.2) is 0 Å². The van der Waals surface area contributed by atoms with Gasteiger partial charge in [0.1, 0.15) is 0 Å². The van der Waals surface area contributed by atoms with Gasteiger partial charge in [0.25, 0.3) is 0 Å². The Morgan fingerprint density at radius 2 is 1.55 bits per heavy atom. The van der Waals surface area contributed by atoms with E-state index in [4.69, 9.17) is 34.8 Å². The lowest BCUT2D eigenvalue weighted by Crippen LogP contribution is -1.82. The van der Waals surface area contributed by atoms with E-state index < -0.39 is 0 Å². The van der Waals surface area contributed by atoms with Crippen molar-refractivity contribution < 1.29 is 0 Å². The summed E-state index contributed by atoms with van der Waals surface area (Å²) in [5, 5.41) is 1.62. The number of rotatable bonds is 1. The first kappa shape index (κ1) is 9.18. The van der Waals surface area contributed by atoms with E-state index in [1.807, 2.05) is 0 Å². The van der Waals surface area contributed by atoms with Crippen molar-refractivity contribution in [1.29, 1.82) is 0 Å².